The highest BCUT2D eigenvalue weighted by molar-refractivity contribution is 6.09. The Labute approximate surface area is 201 Å². The lowest BCUT2D eigenvalue weighted by atomic mass is 10.2. The van der Waals surface area contributed by atoms with E-state index in [9.17, 15) is 4.79 Å². The fourth-order valence-electron chi connectivity index (χ4n) is 3.86. The minimum Gasteiger partial charge on any atom is -0.493 e. The van der Waals surface area contributed by atoms with Crippen LogP contribution in [0.3, 0.4) is 0 Å². The van der Waals surface area contributed by atoms with Crippen LogP contribution in [-0.4, -0.2) is 55.7 Å². The molecule has 34 heavy (non-hydrogen) atoms. The maximum atomic E-state index is 13.4. The third-order valence-electron chi connectivity index (χ3n) is 5.67. The quantitative estimate of drug-likeness (QED) is 0.448. The normalized spacial score (nSPS) is 13.4. The van der Waals surface area contributed by atoms with E-state index in [-0.39, 0.29) is 5.91 Å². The van der Waals surface area contributed by atoms with Gasteiger partial charge in [0.15, 0.2) is 0 Å². The highest BCUT2D eigenvalue weighted by atomic mass is 16.5. The molecule has 1 aromatic heterocycles. The predicted octanol–water partition coefficient (Wildman–Crippen LogP) is 3.56. The molecule has 1 aliphatic heterocycles. The van der Waals surface area contributed by atoms with E-state index in [2.05, 4.69) is 32.7 Å². The van der Waals surface area contributed by atoms with Gasteiger partial charge in [-0.15, -0.1) is 0 Å². The summed E-state index contributed by atoms with van der Waals surface area (Å²) in [5, 5.41) is 6.54. The number of amides is 1. The van der Waals surface area contributed by atoms with Gasteiger partial charge in [0.25, 0.3) is 5.91 Å². The average molecular weight is 461 g/mol. The van der Waals surface area contributed by atoms with Crippen LogP contribution in [0.5, 0.6) is 5.75 Å². The number of nitrogens with one attached hydrogen (secondary N) is 2. The number of nitrogens with zero attached hydrogens (tertiary/aromatic N) is 4. The Bertz CT molecular complexity index is 1090. The van der Waals surface area contributed by atoms with Crippen molar-refractivity contribution in [3.63, 3.8) is 0 Å². The molecule has 8 heteroatoms. The van der Waals surface area contributed by atoms with Crippen molar-refractivity contribution < 1.29 is 9.53 Å². The highest BCUT2D eigenvalue weighted by Crippen LogP contribution is 2.28. The zero-order valence-electron chi connectivity index (χ0n) is 19.8. The van der Waals surface area contributed by atoms with E-state index in [1.165, 1.54) is 5.56 Å². The molecule has 0 spiro atoms. The first-order chi connectivity index (χ1) is 16.7. The monoisotopic (exact) mass is 460 g/mol. The summed E-state index contributed by atoms with van der Waals surface area (Å²) in [5.41, 5.74) is 2.58. The summed E-state index contributed by atoms with van der Waals surface area (Å²) in [6.45, 7) is 6.25. The molecule has 3 aromatic rings. The van der Waals surface area contributed by atoms with Gasteiger partial charge in [0.05, 0.1) is 6.61 Å². The van der Waals surface area contributed by atoms with Crippen LogP contribution < -0.4 is 25.2 Å². The van der Waals surface area contributed by atoms with Gasteiger partial charge in [-0.3, -0.25) is 4.79 Å². The van der Waals surface area contributed by atoms with E-state index < -0.39 is 0 Å². The maximum Gasteiger partial charge on any atom is 0.263 e. The summed E-state index contributed by atoms with van der Waals surface area (Å²) in [6.07, 6.45) is 2.50. The van der Waals surface area contributed by atoms with Crippen LogP contribution in [0.2, 0.25) is 0 Å². The summed E-state index contributed by atoms with van der Waals surface area (Å²) in [6, 6.07) is 18.1. The second-order valence-electron chi connectivity index (χ2n) is 8.20. The van der Waals surface area contributed by atoms with E-state index in [1.807, 2.05) is 61.3 Å². The Hall–Kier alpha value is -3.65. The van der Waals surface area contributed by atoms with Gasteiger partial charge in [0, 0.05) is 51.2 Å². The lowest BCUT2D eigenvalue weighted by molar-refractivity contribution is 0.0989. The van der Waals surface area contributed by atoms with E-state index in [1.54, 1.807) is 11.1 Å². The molecule has 4 rings (SSSR count). The number of ether oxygens (including phenoxy) is 1. The summed E-state index contributed by atoms with van der Waals surface area (Å²) in [5.74, 6) is 1.83. The molecule has 0 saturated carbocycles. The molecule has 0 fully saturated rings. The van der Waals surface area contributed by atoms with Crippen molar-refractivity contribution in [3.8, 4) is 5.75 Å². The minimum absolute atomic E-state index is 0.107. The number of fused-ring (bicyclic) bond motifs is 1. The van der Waals surface area contributed by atoms with Crippen molar-refractivity contribution in [3.05, 3.63) is 71.9 Å². The molecule has 1 amide bonds. The van der Waals surface area contributed by atoms with Crippen molar-refractivity contribution >= 4 is 23.4 Å². The van der Waals surface area contributed by atoms with Crippen LogP contribution >= 0.6 is 0 Å². The molecule has 2 heterocycles. The number of carbonyl (C=O) groups is 1. The van der Waals surface area contributed by atoms with Crippen molar-refractivity contribution in [2.75, 3.05) is 55.0 Å². The molecule has 0 bridgehead atoms. The van der Waals surface area contributed by atoms with Crippen molar-refractivity contribution in [1.29, 1.82) is 0 Å². The van der Waals surface area contributed by atoms with Crippen LogP contribution in [0.1, 0.15) is 29.3 Å². The number of anilines is 3. The average Bonchev–Trinajstić information content (AvgIpc) is 2.98. The smallest absolute Gasteiger partial charge is 0.263 e. The Morgan fingerprint density at radius 2 is 1.94 bits per heavy atom. The van der Waals surface area contributed by atoms with E-state index >= 15 is 0 Å². The molecule has 0 atom stereocenters. The number of hydrogen-bond acceptors (Lipinski definition) is 7. The first kappa shape index (κ1) is 23.5. The largest absolute Gasteiger partial charge is 0.493 e. The first-order valence-electron chi connectivity index (χ1n) is 11.8. The SMILES string of the molecule is CCNc1ncc2c(n1)N(C)CCN(c1cccc(OCCCNCc3ccccc3)c1)C2=O. The Balaban J connectivity index is 1.35. The second kappa shape index (κ2) is 11.5. The van der Waals surface area contributed by atoms with Crippen molar-refractivity contribution in [2.45, 2.75) is 19.9 Å². The Kier molecular flexibility index (Phi) is 7.93. The van der Waals surface area contributed by atoms with Crippen LogP contribution in [0, 0.1) is 0 Å². The van der Waals surface area contributed by atoms with Crippen LogP contribution in [-0.2, 0) is 6.54 Å². The summed E-state index contributed by atoms with van der Waals surface area (Å²) < 4.78 is 5.97. The molecule has 2 aromatic carbocycles. The number of benzene rings is 2. The molecule has 0 aliphatic carbocycles. The topological polar surface area (TPSA) is 82.6 Å². The number of likely N-dealkylation sites (N-methyl/N-ethyl adjacent to an activating group) is 1. The van der Waals surface area contributed by atoms with Gasteiger partial charge in [-0.2, -0.15) is 4.98 Å². The summed E-state index contributed by atoms with van der Waals surface area (Å²) in [4.78, 5) is 26.0. The standard InChI is InChI=1S/C26H32N6O2/c1-3-28-26-29-19-23-24(30-26)31(2)14-15-32(25(23)33)21-11-7-12-22(17-21)34-16-8-13-27-18-20-9-5-4-6-10-20/h4-7,9-12,17,19,27H,3,8,13-16,18H2,1-2H3,(H,28,29,30). The van der Waals surface area contributed by atoms with Gasteiger partial charge in [0.1, 0.15) is 17.1 Å². The van der Waals surface area contributed by atoms with Crippen LogP contribution in [0.25, 0.3) is 0 Å². The third-order valence-corrected chi connectivity index (χ3v) is 5.67. The first-order valence-corrected chi connectivity index (χ1v) is 11.8. The van der Waals surface area contributed by atoms with Gasteiger partial charge in [-0.25, -0.2) is 4.98 Å². The molecule has 2 N–H and O–H groups in total. The summed E-state index contributed by atoms with van der Waals surface area (Å²) >= 11 is 0. The lowest BCUT2D eigenvalue weighted by Gasteiger charge is -2.21. The zero-order valence-corrected chi connectivity index (χ0v) is 19.8. The molecule has 0 radical (unpaired) electrons. The maximum absolute atomic E-state index is 13.4. The molecular formula is C26H32N6O2. The predicted molar refractivity (Wildman–Crippen MR) is 136 cm³/mol. The van der Waals surface area contributed by atoms with Crippen molar-refractivity contribution in [2.24, 2.45) is 0 Å². The number of rotatable bonds is 10. The molecule has 178 valence electrons. The Morgan fingerprint density at radius 1 is 1.09 bits per heavy atom. The number of hydrogen-bond donors (Lipinski definition) is 2. The second-order valence-corrected chi connectivity index (χ2v) is 8.20. The highest BCUT2D eigenvalue weighted by Gasteiger charge is 2.28. The van der Waals surface area contributed by atoms with Gasteiger partial charge in [-0.05, 0) is 37.6 Å². The molecule has 1 aliphatic rings. The van der Waals surface area contributed by atoms with E-state index in [0.29, 0.717) is 37.0 Å². The van der Waals surface area contributed by atoms with Gasteiger partial charge in [-0.1, -0.05) is 36.4 Å². The van der Waals surface area contributed by atoms with Gasteiger partial charge in [0.2, 0.25) is 5.95 Å². The Morgan fingerprint density at radius 3 is 2.76 bits per heavy atom. The van der Waals surface area contributed by atoms with E-state index in [0.717, 1.165) is 37.5 Å². The van der Waals surface area contributed by atoms with Crippen molar-refractivity contribution in [1.82, 2.24) is 15.3 Å². The van der Waals surface area contributed by atoms with E-state index in [4.69, 9.17) is 4.74 Å². The van der Waals surface area contributed by atoms with Crippen LogP contribution in [0.15, 0.2) is 60.8 Å². The molecule has 8 nitrogen and oxygen atoms in total. The zero-order chi connectivity index (χ0) is 23.8. The molecule has 0 unspecified atom stereocenters. The van der Waals surface area contributed by atoms with Gasteiger partial charge >= 0.3 is 0 Å². The molecule has 0 saturated heterocycles. The minimum atomic E-state index is -0.107. The van der Waals surface area contributed by atoms with Gasteiger partial charge < -0.3 is 25.2 Å². The number of carbonyl (C=O) groups excluding carboxylic acids is 1. The van der Waals surface area contributed by atoms with Crippen LogP contribution in [0.4, 0.5) is 17.5 Å². The third kappa shape index (κ3) is 5.82. The molecular weight excluding hydrogens is 428 g/mol. The summed E-state index contributed by atoms with van der Waals surface area (Å²) in [7, 11) is 1.95. The fourth-order valence-corrected chi connectivity index (χ4v) is 3.86. The number of aromatic nitrogens is 2. The lowest BCUT2D eigenvalue weighted by Crippen LogP contribution is -2.33. The fraction of sp³-hybridized carbons (Fsp3) is 0.346.